The SMILES string of the molecule is [2H]c1c([2H])c([2H])c(-c2c([2H])c([2H])c([2H])c(-c3c4c([2H])c([2H])c([2H])c([2H])c4c(-c4c([2H])c([2H])c([2H])c5c([2H])c([2H])c([2H])c([2H])c45)c4c([2H])c(-c5c([2H])c([2H])c([2H])c([2H])c5[2H])c([2H])c([2H])c34)c2[2H])c([2H])c1[2H]. The van der Waals surface area contributed by atoms with E-state index in [-0.39, 0.29) is 0 Å². The van der Waals surface area contributed by atoms with Crippen molar-refractivity contribution in [3.63, 3.8) is 0 Å². The Morgan fingerprint density at radius 1 is 0.286 bits per heavy atom. The van der Waals surface area contributed by atoms with Crippen LogP contribution in [0.1, 0.15) is 38.4 Å². The van der Waals surface area contributed by atoms with Gasteiger partial charge in [-0.15, -0.1) is 0 Å². The van der Waals surface area contributed by atoms with Gasteiger partial charge in [-0.05, 0) is 88.9 Å². The molecule has 0 atom stereocenters. The van der Waals surface area contributed by atoms with Crippen LogP contribution in [0.5, 0.6) is 0 Å². The lowest BCUT2D eigenvalue weighted by Gasteiger charge is -2.20. The van der Waals surface area contributed by atoms with Crippen molar-refractivity contribution in [2.45, 2.75) is 0 Å². The standard InChI is InChI=1S/C42H28/c1-3-13-29(14-4-1)32-19-11-20-34(27-32)41-37-22-9-10-23-38(37)42(36-24-12-18-31-17-7-8-21-35(31)36)40-28-33(25-26-39(40)41)30-15-5-2-6-16-30/h1-28H/i1D,2D,3D,4D,5D,6D,7D,8D,9D,10D,11D,12D,13D,14D,15D,16D,17D,18D,19D,20D,21D,22D,23D,24D,25D,26D,27D,28D. The van der Waals surface area contributed by atoms with Crippen molar-refractivity contribution in [1.29, 1.82) is 0 Å². The molecule has 0 bridgehead atoms. The van der Waals surface area contributed by atoms with E-state index in [2.05, 4.69) is 0 Å². The van der Waals surface area contributed by atoms with Gasteiger partial charge in [0.1, 0.15) is 0 Å². The van der Waals surface area contributed by atoms with Crippen LogP contribution in [0.3, 0.4) is 0 Å². The molecule has 0 radical (unpaired) electrons. The van der Waals surface area contributed by atoms with Crippen LogP contribution in [0.25, 0.3) is 76.8 Å². The Morgan fingerprint density at radius 2 is 0.786 bits per heavy atom. The highest BCUT2D eigenvalue weighted by molar-refractivity contribution is 6.24. The summed E-state index contributed by atoms with van der Waals surface area (Å²) in [5.74, 6) is 0. The van der Waals surface area contributed by atoms with Crippen molar-refractivity contribution >= 4 is 32.3 Å². The molecule has 0 nitrogen and oxygen atoms in total. The van der Waals surface area contributed by atoms with E-state index in [1.165, 1.54) is 0 Å². The predicted molar refractivity (Wildman–Crippen MR) is 181 cm³/mol. The molecule has 0 N–H and O–H groups in total. The molecule has 0 aromatic heterocycles. The van der Waals surface area contributed by atoms with E-state index in [4.69, 9.17) is 27.4 Å². The molecular weight excluding hydrogens is 504 g/mol. The molecule has 0 saturated carbocycles. The van der Waals surface area contributed by atoms with Gasteiger partial charge in [0.15, 0.2) is 0 Å². The molecule has 42 heavy (non-hydrogen) atoms. The second-order valence-corrected chi connectivity index (χ2v) is 8.75. The van der Waals surface area contributed by atoms with Gasteiger partial charge in [0.05, 0.1) is 38.4 Å². The molecule has 8 aromatic carbocycles. The third-order valence-corrected chi connectivity index (χ3v) is 6.44. The molecule has 0 aliphatic rings. The van der Waals surface area contributed by atoms with Crippen molar-refractivity contribution in [2.75, 3.05) is 0 Å². The molecule has 0 unspecified atom stereocenters. The molecule has 0 amide bonds. The Balaban J connectivity index is 1.84. The second-order valence-electron chi connectivity index (χ2n) is 8.75. The Bertz CT molecular complexity index is 3730. The normalized spacial score (nSPS) is 20.7. The minimum atomic E-state index is -1.14. The molecule has 8 rings (SSSR count). The zero-order chi connectivity index (χ0) is 52.2. The van der Waals surface area contributed by atoms with E-state index < -0.39 is 246 Å². The minimum absolute atomic E-state index is 0.691. The van der Waals surface area contributed by atoms with Gasteiger partial charge in [0.2, 0.25) is 0 Å². The van der Waals surface area contributed by atoms with Gasteiger partial charge in [-0.25, -0.2) is 0 Å². The number of hydrogen-bond donors (Lipinski definition) is 0. The summed E-state index contributed by atoms with van der Waals surface area (Å²) in [6.07, 6.45) is 0. The predicted octanol–water partition coefficient (Wildman–Crippen LogP) is 11.8. The maximum Gasteiger partial charge on any atom is 0.0636 e. The van der Waals surface area contributed by atoms with E-state index in [0.29, 0.717) is 0 Å². The fourth-order valence-electron chi connectivity index (χ4n) is 4.69. The van der Waals surface area contributed by atoms with Gasteiger partial charge in [0, 0.05) is 0 Å². The topological polar surface area (TPSA) is 0 Å². The largest absolute Gasteiger partial charge is 0.0636 e. The fourth-order valence-corrected chi connectivity index (χ4v) is 4.69. The van der Waals surface area contributed by atoms with Gasteiger partial charge >= 0.3 is 0 Å². The maximum absolute atomic E-state index is 9.98. The Labute approximate surface area is 285 Å². The van der Waals surface area contributed by atoms with Gasteiger partial charge in [-0.1, -0.05) is 157 Å². The van der Waals surface area contributed by atoms with Crippen molar-refractivity contribution in [1.82, 2.24) is 0 Å². The molecule has 0 spiro atoms. The summed E-state index contributed by atoms with van der Waals surface area (Å²) in [6, 6.07) is -28.2. The first-order valence-electron chi connectivity index (χ1n) is 26.2. The number of benzene rings is 8. The van der Waals surface area contributed by atoms with Gasteiger partial charge in [-0.2, -0.15) is 0 Å². The van der Waals surface area contributed by atoms with E-state index in [1.54, 1.807) is 0 Å². The van der Waals surface area contributed by atoms with Crippen LogP contribution in [0.2, 0.25) is 0 Å². The van der Waals surface area contributed by atoms with Crippen LogP contribution in [-0.2, 0) is 0 Å². The summed E-state index contributed by atoms with van der Waals surface area (Å²) in [7, 11) is 0. The zero-order valence-electron chi connectivity index (χ0n) is 49.0. The summed E-state index contributed by atoms with van der Waals surface area (Å²) in [5.41, 5.74) is -6.85. The molecule has 0 saturated heterocycles. The Hall–Kier alpha value is -5.46. The maximum atomic E-state index is 9.98. The molecular formula is C42H28. The molecule has 0 heteroatoms. The molecule has 196 valence electrons. The van der Waals surface area contributed by atoms with Gasteiger partial charge in [-0.3, -0.25) is 0 Å². The van der Waals surface area contributed by atoms with Crippen LogP contribution in [0.4, 0.5) is 0 Å². The summed E-state index contributed by atoms with van der Waals surface area (Å²) in [5, 5.41) is -4.78. The first kappa shape index (κ1) is 9.02. The third kappa shape index (κ3) is 4.08. The summed E-state index contributed by atoms with van der Waals surface area (Å²) in [4.78, 5) is 0. The molecule has 0 aliphatic carbocycles. The first-order valence-corrected chi connectivity index (χ1v) is 12.2. The lowest BCUT2D eigenvalue weighted by atomic mass is 9.83. The van der Waals surface area contributed by atoms with E-state index >= 15 is 0 Å². The molecule has 0 aliphatic heterocycles. The van der Waals surface area contributed by atoms with Crippen LogP contribution in [-0.4, -0.2) is 0 Å². The minimum Gasteiger partial charge on any atom is -0.0622 e. The smallest absolute Gasteiger partial charge is 0.0622 e. The Morgan fingerprint density at radius 3 is 1.52 bits per heavy atom. The highest BCUT2D eigenvalue weighted by Crippen LogP contribution is 2.46. The number of rotatable bonds is 4. The first-order chi connectivity index (χ1) is 32.5. The quantitative estimate of drug-likeness (QED) is 0.188. The fraction of sp³-hybridized carbons (Fsp3) is 0. The zero-order valence-corrected chi connectivity index (χ0v) is 21.0. The lowest BCUT2D eigenvalue weighted by molar-refractivity contribution is 1.61. The third-order valence-electron chi connectivity index (χ3n) is 6.44. The van der Waals surface area contributed by atoms with Gasteiger partial charge < -0.3 is 0 Å². The van der Waals surface area contributed by atoms with Crippen LogP contribution in [0.15, 0.2) is 169 Å². The monoisotopic (exact) mass is 560 g/mol. The summed E-state index contributed by atoms with van der Waals surface area (Å²) in [6.45, 7) is 0. The highest BCUT2D eigenvalue weighted by Gasteiger charge is 2.19. The van der Waals surface area contributed by atoms with Crippen molar-refractivity contribution in [3.05, 3.63) is 169 Å². The highest BCUT2D eigenvalue weighted by atomic mass is 14.2. The molecule has 0 heterocycles. The molecule has 0 fully saturated rings. The van der Waals surface area contributed by atoms with E-state index in [9.17, 15) is 11.0 Å². The average molecular weight is 561 g/mol. The van der Waals surface area contributed by atoms with Crippen molar-refractivity contribution < 1.29 is 38.4 Å². The number of fused-ring (bicyclic) bond motifs is 3. The van der Waals surface area contributed by atoms with Crippen molar-refractivity contribution in [3.8, 4) is 44.5 Å². The van der Waals surface area contributed by atoms with E-state index in [0.717, 1.165) is 0 Å². The average Bonchev–Trinajstić information content (AvgIpc) is 3.33. The van der Waals surface area contributed by atoms with Crippen LogP contribution >= 0.6 is 0 Å². The lowest BCUT2D eigenvalue weighted by Crippen LogP contribution is -1.93. The summed E-state index contributed by atoms with van der Waals surface area (Å²) < 4.78 is 250. The summed E-state index contributed by atoms with van der Waals surface area (Å²) >= 11 is 0. The second kappa shape index (κ2) is 10.2. The van der Waals surface area contributed by atoms with E-state index in [1.807, 2.05) is 0 Å². The van der Waals surface area contributed by atoms with Crippen LogP contribution < -0.4 is 0 Å². The molecule has 8 aromatic rings. The number of hydrogen-bond acceptors (Lipinski definition) is 0. The van der Waals surface area contributed by atoms with Crippen molar-refractivity contribution in [2.24, 2.45) is 0 Å². The Kier molecular flexibility index (Phi) is 2.19. The van der Waals surface area contributed by atoms with Crippen LogP contribution in [0, 0.1) is 0 Å². The van der Waals surface area contributed by atoms with Gasteiger partial charge in [0.25, 0.3) is 0 Å².